The third kappa shape index (κ3) is 3.97. The molecule has 6 aromatic carbocycles. The summed E-state index contributed by atoms with van der Waals surface area (Å²) in [7, 11) is 0. The van der Waals surface area contributed by atoms with E-state index in [0.29, 0.717) is 0 Å². The lowest BCUT2D eigenvalue weighted by molar-refractivity contribution is 0.658. The fourth-order valence-electron chi connectivity index (χ4n) is 6.74. The zero-order valence-corrected chi connectivity index (χ0v) is 26.2. The van der Waals surface area contributed by atoms with Crippen LogP contribution in [0.1, 0.15) is 25.0 Å². The molecule has 0 spiro atoms. The molecule has 1 nitrogen and oxygen atoms in total. The fourth-order valence-corrected chi connectivity index (χ4v) is 10.1. The Bertz CT molecular complexity index is 2070. The standard InChI is InChI=1S/C39H27NS3/c1-39(2)29-21-25(18-19-27(29)28-22-37-38(23-30(28)39)43-36-17-8-7-16-35(36)42-37)24-10-9-11-26(20-24)40-31-12-3-5-14-33(31)41-34-15-6-4-13-32(34)40/h3-23H,1-2H3. The molecule has 0 bridgehead atoms. The summed E-state index contributed by atoms with van der Waals surface area (Å²) in [4.78, 5) is 10.4. The van der Waals surface area contributed by atoms with Gasteiger partial charge in [0.05, 0.1) is 11.4 Å². The van der Waals surface area contributed by atoms with Crippen LogP contribution in [0.3, 0.4) is 0 Å². The zero-order chi connectivity index (χ0) is 28.7. The van der Waals surface area contributed by atoms with E-state index in [1.165, 1.54) is 79.8 Å². The Morgan fingerprint density at radius 2 is 1.00 bits per heavy atom. The normalized spacial score (nSPS) is 15.1. The molecular weight excluding hydrogens is 579 g/mol. The van der Waals surface area contributed by atoms with Gasteiger partial charge >= 0.3 is 0 Å². The Hall–Kier alpha value is -3.83. The topological polar surface area (TPSA) is 3.24 Å². The maximum Gasteiger partial charge on any atom is 0.0601 e. The van der Waals surface area contributed by atoms with Crippen molar-refractivity contribution in [3.05, 3.63) is 139 Å². The SMILES string of the molecule is CC1(C)c2cc(-c3cccc(N4c5ccccc5Sc5ccccc54)c3)ccc2-c2cc3c(cc21)Sc1ccccc1S3. The van der Waals surface area contributed by atoms with Crippen molar-refractivity contribution >= 4 is 52.3 Å². The third-order valence-corrected chi connectivity index (χ3v) is 12.6. The van der Waals surface area contributed by atoms with Gasteiger partial charge in [0.25, 0.3) is 0 Å². The smallest absolute Gasteiger partial charge is 0.0601 e. The maximum atomic E-state index is 2.46. The van der Waals surface area contributed by atoms with Crippen LogP contribution in [0.4, 0.5) is 17.1 Å². The number of rotatable bonds is 2. The average molecular weight is 606 g/mol. The number of hydrogen-bond donors (Lipinski definition) is 0. The molecule has 0 amide bonds. The maximum absolute atomic E-state index is 2.46. The monoisotopic (exact) mass is 605 g/mol. The van der Waals surface area contributed by atoms with Gasteiger partial charge in [0.15, 0.2) is 0 Å². The molecule has 206 valence electrons. The highest BCUT2D eigenvalue weighted by molar-refractivity contribution is 8.05. The predicted molar refractivity (Wildman–Crippen MR) is 183 cm³/mol. The van der Waals surface area contributed by atoms with E-state index in [-0.39, 0.29) is 5.41 Å². The summed E-state index contributed by atoms with van der Waals surface area (Å²) >= 11 is 5.66. The van der Waals surface area contributed by atoms with Gasteiger partial charge < -0.3 is 4.90 Å². The van der Waals surface area contributed by atoms with Crippen LogP contribution in [0, 0.1) is 0 Å². The van der Waals surface area contributed by atoms with Gasteiger partial charge in [-0.1, -0.05) is 110 Å². The minimum absolute atomic E-state index is 0.0719. The Balaban J connectivity index is 1.13. The van der Waals surface area contributed by atoms with Gasteiger partial charge in [0.1, 0.15) is 0 Å². The van der Waals surface area contributed by atoms with Gasteiger partial charge in [-0.3, -0.25) is 0 Å². The molecule has 43 heavy (non-hydrogen) atoms. The van der Waals surface area contributed by atoms with Crippen molar-refractivity contribution in [1.29, 1.82) is 0 Å². The number of benzene rings is 6. The second kappa shape index (κ2) is 9.59. The molecule has 0 fully saturated rings. The second-order valence-electron chi connectivity index (χ2n) is 11.8. The van der Waals surface area contributed by atoms with Crippen molar-refractivity contribution in [2.24, 2.45) is 0 Å². The minimum Gasteiger partial charge on any atom is -0.308 e. The lowest BCUT2D eigenvalue weighted by atomic mass is 9.81. The van der Waals surface area contributed by atoms with Gasteiger partial charge in [-0.25, -0.2) is 0 Å². The zero-order valence-electron chi connectivity index (χ0n) is 23.8. The molecule has 3 aliphatic rings. The summed E-state index contributed by atoms with van der Waals surface area (Å²) in [6, 6.07) is 47.2. The molecule has 2 heterocycles. The number of fused-ring (bicyclic) bond motifs is 7. The summed E-state index contributed by atoms with van der Waals surface area (Å²) in [5, 5.41) is 0. The van der Waals surface area contributed by atoms with Crippen molar-refractivity contribution in [2.45, 2.75) is 48.6 Å². The van der Waals surface area contributed by atoms with Crippen LogP contribution in [0.5, 0.6) is 0 Å². The van der Waals surface area contributed by atoms with E-state index in [1.54, 1.807) is 0 Å². The molecule has 1 aliphatic carbocycles. The second-order valence-corrected chi connectivity index (χ2v) is 15.1. The Kier molecular flexibility index (Phi) is 5.72. The van der Waals surface area contributed by atoms with Crippen molar-refractivity contribution in [3.8, 4) is 22.3 Å². The lowest BCUT2D eigenvalue weighted by Gasteiger charge is -2.33. The Morgan fingerprint density at radius 3 is 1.70 bits per heavy atom. The molecule has 9 rings (SSSR count). The molecule has 0 atom stereocenters. The Morgan fingerprint density at radius 1 is 0.442 bits per heavy atom. The first kappa shape index (κ1) is 25.6. The van der Waals surface area contributed by atoms with Crippen LogP contribution in [-0.4, -0.2) is 0 Å². The molecule has 0 unspecified atom stereocenters. The highest BCUT2D eigenvalue weighted by Gasteiger charge is 2.37. The third-order valence-electron chi connectivity index (χ3n) is 8.90. The van der Waals surface area contributed by atoms with Gasteiger partial charge in [0.2, 0.25) is 0 Å². The molecule has 0 saturated carbocycles. The number of nitrogens with zero attached hydrogens (tertiary/aromatic N) is 1. The average Bonchev–Trinajstić information content (AvgIpc) is 3.26. The molecular formula is C39H27NS3. The fraction of sp³-hybridized carbons (Fsp3) is 0.0769. The summed E-state index contributed by atoms with van der Waals surface area (Å²) in [5.41, 5.74) is 11.7. The van der Waals surface area contributed by atoms with Crippen LogP contribution < -0.4 is 4.90 Å². The number of hydrogen-bond acceptors (Lipinski definition) is 4. The quantitative estimate of drug-likeness (QED) is 0.193. The van der Waals surface area contributed by atoms with Gasteiger partial charge in [-0.05, 0) is 100 Å². The van der Waals surface area contributed by atoms with Crippen molar-refractivity contribution in [1.82, 2.24) is 0 Å². The molecule has 2 aliphatic heterocycles. The van der Waals surface area contributed by atoms with Crippen LogP contribution >= 0.6 is 35.3 Å². The van der Waals surface area contributed by atoms with E-state index < -0.39 is 0 Å². The first-order valence-corrected chi connectivity index (χ1v) is 17.0. The van der Waals surface area contributed by atoms with E-state index in [4.69, 9.17) is 0 Å². The van der Waals surface area contributed by atoms with E-state index >= 15 is 0 Å². The van der Waals surface area contributed by atoms with Gasteiger partial charge in [0, 0.05) is 40.5 Å². The molecule has 0 radical (unpaired) electrons. The summed E-state index contributed by atoms with van der Waals surface area (Å²) in [6.07, 6.45) is 0. The molecule has 0 saturated heterocycles. The van der Waals surface area contributed by atoms with E-state index in [9.17, 15) is 0 Å². The first-order valence-electron chi connectivity index (χ1n) is 14.6. The highest BCUT2D eigenvalue weighted by atomic mass is 32.2. The number of para-hydroxylation sites is 2. The predicted octanol–water partition coefficient (Wildman–Crippen LogP) is 12.2. The van der Waals surface area contributed by atoms with Crippen LogP contribution in [0.15, 0.2) is 157 Å². The van der Waals surface area contributed by atoms with Gasteiger partial charge in [-0.2, -0.15) is 0 Å². The highest BCUT2D eigenvalue weighted by Crippen LogP contribution is 2.56. The first-order chi connectivity index (χ1) is 21.0. The summed E-state index contributed by atoms with van der Waals surface area (Å²) < 4.78 is 0. The lowest BCUT2D eigenvalue weighted by Crippen LogP contribution is -2.15. The van der Waals surface area contributed by atoms with E-state index in [0.717, 1.165) is 0 Å². The Labute approximate surface area is 265 Å². The molecule has 6 aromatic rings. The van der Waals surface area contributed by atoms with Crippen molar-refractivity contribution in [2.75, 3.05) is 4.90 Å². The van der Waals surface area contributed by atoms with Crippen molar-refractivity contribution < 1.29 is 0 Å². The molecule has 0 N–H and O–H groups in total. The largest absolute Gasteiger partial charge is 0.308 e. The van der Waals surface area contributed by atoms with Gasteiger partial charge in [-0.15, -0.1) is 0 Å². The van der Waals surface area contributed by atoms with Crippen LogP contribution in [0.2, 0.25) is 0 Å². The van der Waals surface area contributed by atoms with Crippen LogP contribution in [0.25, 0.3) is 22.3 Å². The van der Waals surface area contributed by atoms with Crippen LogP contribution in [-0.2, 0) is 5.41 Å². The molecule has 0 aromatic heterocycles. The van der Waals surface area contributed by atoms with E-state index in [1.807, 2.05) is 35.3 Å². The summed E-state index contributed by atoms with van der Waals surface area (Å²) in [5.74, 6) is 0. The van der Waals surface area contributed by atoms with Crippen molar-refractivity contribution in [3.63, 3.8) is 0 Å². The van der Waals surface area contributed by atoms with E-state index in [2.05, 4.69) is 146 Å². The summed E-state index contributed by atoms with van der Waals surface area (Å²) in [6.45, 7) is 4.77. The molecule has 4 heteroatoms. The number of anilines is 3. The minimum atomic E-state index is -0.0719.